The molecule has 3 amide bonds. The Kier molecular flexibility index (Phi) is 8.46. The minimum absolute atomic E-state index is 0.135. The highest BCUT2D eigenvalue weighted by molar-refractivity contribution is 6.39. The highest BCUT2D eigenvalue weighted by Crippen LogP contribution is 2.21. The fourth-order valence-electron chi connectivity index (χ4n) is 3.98. The second-order valence-electron chi connectivity index (χ2n) is 8.63. The lowest BCUT2D eigenvalue weighted by atomic mass is 10.2. The Morgan fingerprint density at radius 1 is 0.921 bits per heavy atom. The smallest absolute Gasteiger partial charge is 0.315 e. The molecule has 2 heterocycles. The third kappa shape index (κ3) is 6.82. The van der Waals surface area contributed by atoms with Crippen molar-refractivity contribution in [3.63, 3.8) is 0 Å². The number of benzene rings is 2. The van der Waals surface area contributed by atoms with Crippen molar-refractivity contribution in [3.8, 4) is 17.5 Å². The van der Waals surface area contributed by atoms with Gasteiger partial charge in [0, 0.05) is 63.5 Å². The molecular formula is C27H28N8O3. The lowest BCUT2D eigenvalue weighted by molar-refractivity contribution is -0.143. The summed E-state index contributed by atoms with van der Waals surface area (Å²) in [4.78, 5) is 49.4. The number of anilines is 3. The summed E-state index contributed by atoms with van der Waals surface area (Å²) in [5.41, 5.74) is 2.30. The van der Waals surface area contributed by atoms with Crippen LogP contribution in [0.5, 0.6) is 0 Å². The molecule has 38 heavy (non-hydrogen) atoms. The third-order valence-electron chi connectivity index (χ3n) is 5.93. The molecule has 3 N–H and O–H groups in total. The lowest BCUT2D eigenvalue weighted by Crippen LogP contribution is -2.51. The van der Waals surface area contributed by atoms with E-state index < -0.39 is 11.8 Å². The van der Waals surface area contributed by atoms with E-state index in [1.165, 1.54) is 11.8 Å². The molecule has 0 saturated carbocycles. The maximum atomic E-state index is 12.9. The highest BCUT2D eigenvalue weighted by atomic mass is 16.2. The number of aromatic nitrogens is 2. The molecule has 1 aromatic heterocycles. The minimum Gasteiger partial charge on any atom is -0.368 e. The molecule has 1 fully saturated rings. The van der Waals surface area contributed by atoms with Crippen molar-refractivity contribution in [1.82, 2.24) is 20.2 Å². The molecular weight excluding hydrogens is 484 g/mol. The zero-order valence-corrected chi connectivity index (χ0v) is 21.0. The van der Waals surface area contributed by atoms with Gasteiger partial charge in [-0.3, -0.25) is 14.4 Å². The first-order chi connectivity index (χ1) is 18.4. The van der Waals surface area contributed by atoms with Crippen LogP contribution >= 0.6 is 0 Å². The number of rotatable bonds is 7. The van der Waals surface area contributed by atoms with Crippen LogP contribution in [0.15, 0.2) is 60.7 Å². The number of hydrogen-bond acceptors (Lipinski definition) is 8. The summed E-state index contributed by atoms with van der Waals surface area (Å²) in [6.45, 7) is 4.17. The molecule has 0 aliphatic carbocycles. The van der Waals surface area contributed by atoms with Gasteiger partial charge < -0.3 is 25.8 Å². The number of nitrogens with zero attached hydrogens (tertiary/aromatic N) is 5. The quantitative estimate of drug-likeness (QED) is 0.322. The maximum Gasteiger partial charge on any atom is 0.315 e. The van der Waals surface area contributed by atoms with Crippen LogP contribution in [0.2, 0.25) is 0 Å². The molecule has 1 saturated heterocycles. The van der Waals surface area contributed by atoms with Crippen LogP contribution in [-0.4, -0.2) is 71.9 Å². The van der Waals surface area contributed by atoms with E-state index in [2.05, 4.69) is 36.9 Å². The summed E-state index contributed by atoms with van der Waals surface area (Å²) >= 11 is 0. The van der Waals surface area contributed by atoms with Gasteiger partial charge >= 0.3 is 11.8 Å². The Bertz CT molecular complexity index is 1330. The summed E-state index contributed by atoms with van der Waals surface area (Å²) in [6.07, 6.45) is 0. The fourth-order valence-corrected chi connectivity index (χ4v) is 3.98. The number of nitrogens with one attached hydrogen (secondary N) is 3. The zero-order chi connectivity index (χ0) is 26.9. The Morgan fingerprint density at radius 2 is 1.61 bits per heavy atom. The van der Waals surface area contributed by atoms with Crippen molar-refractivity contribution in [2.24, 2.45) is 0 Å². The van der Waals surface area contributed by atoms with Gasteiger partial charge in [-0.15, -0.1) is 0 Å². The third-order valence-corrected chi connectivity index (χ3v) is 5.93. The van der Waals surface area contributed by atoms with Crippen LogP contribution in [0.4, 0.5) is 17.3 Å². The standard InChI is InChI=1S/C27H28N8O3/c1-19(36)29-11-12-30-23-17-24(32-25(31-23)21-5-3-2-4-6-21)33-26(37)27(38)35-15-13-34(14-16-35)22-9-7-20(18-28)8-10-22/h2-10,17H,11-16H2,1H3,(H,29,36)(H2,30,31,32,33,37). The summed E-state index contributed by atoms with van der Waals surface area (Å²) in [7, 11) is 0. The van der Waals surface area contributed by atoms with Crippen molar-refractivity contribution in [2.75, 3.05) is 54.8 Å². The van der Waals surface area contributed by atoms with E-state index in [9.17, 15) is 14.4 Å². The molecule has 1 aliphatic rings. The van der Waals surface area contributed by atoms with Gasteiger partial charge in [0.15, 0.2) is 5.82 Å². The first-order valence-electron chi connectivity index (χ1n) is 12.2. The largest absolute Gasteiger partial charge is 0.368 e. The van der Waals surface area contributed by atoms with Crippen LogP contribution in [0.25, 0.3) is 11.4 Å². The van der Waals surface area contributed by atoms with Crippen LogP contribution in [0.1, 0.15) is 12.5 Å². The van der Waals surface area contributed by atoms with E-state index in [4.69, 9.17) is 5.26 Å². The molecule has 0 radical (unpaired) electrons. The number of nitriles is 1. The molecule has 4 rings (SSSR count). The number of piperazine rings is 1. The number of hydrogen-bond donors (Lipinski definition) is 3. The summed E-state index contributed by atoms with van der Waals surface area (Å²) < 4.78 is 0. The lowest BCUT2D eigenvalue weighted by Gasteiger charge is -2.35. The van der Waals surface area contributed by atoms with Crippen molar-refractivity contribution in [1.29, 1.82) is 5.26 Å². The van der Waals surface area contributed by atoms with E-state index >= 15 is 0 Å². The monoisotopic (exact) mass is 512 g/mol. The molecule has 0 unspecified atom stereocenters. The number of amides is 3. The Morgan fingerprint density at radius 3 is 2.26 bits per heavy atom. The second-order valence-corrected chi connectivity index (χ2v) is 8.63. The average molecular weight is 513 g/mol. The van der Waals surface area contributed by atoms with Crippen LogP contribution in [-0.2, 0) is 14.4 Å². The number of carbonyl (C=O) groups excluding carboxylic acids is 3. The summed E-state index contributed by atoms with van der Waals surface area (Å²) in [6, 6.07) is 20.2. The predicted molar refractivity (Wildman–Crippen MR) is 143 cm³/mol. The van der Waals surface area contributed by atoms with Gasteiger partial charge in [0.05, 0.1) is 11.6 Å². The van der Waals surface area contributed by atoms with Gasteiger partial charge in [0.1, 0.15) is 11.6 Å². The Balaban J connectivity index is 1.40. The van der Waals surface area contributed by atoms with Gasteiger partial charge in [-0.25, -0.2) is 9.97 Å². The fraction of sp³-hybridized carbons (Fsp3) is 0.259. The first kappa shape index (κ1) is 26.1. The summed E-state index contributed by atoms with van der Waals surface area (Å²) in [5, 5.41) is 17.4. The highest BCUT2D eigenvalue weighted by Gasteiger charge is 2.26. The maximum absolute atomic E-state index is 12.9. The molecule has 194 valence electrons. The molecule has 0 bridgehead atoms. The molecule has 11 heteroatoms. The molecule has 1 aliphatic heterocycles. The second kappa shape index (κ2) is 12.3. The number of carbonyl (C=O) groups is 3. The van der Waals surface area contributed by atoms with Gasteiger partial charge in [-0.1, -0.05) is 30.3 Å². The van der Waals surface area contributed by atoms with Gasteiger partial charge in [0.2, 0.25) is 5.91 Å². The molecule has 3 aromatic rings. The van der Waals surface area contributed by atoms with Crippen molar-refractivity contribution >= 4 is 35.0 Å². The van der Waals surface area contributed by atoms with E-state index in [1.54, 1.807) is 18.2 Å². The van der Waals surface area contributed by atoms with Gasteiger partial charge in [0.25, 0.3) is 0 Å². The minimum atomic E-state index is -0.779. The van der Waals surface area contributed by atoms with E-state index in [1.807, 2.05) is 42.5 Å². The van der Waals surface area contributed by atoms with E-state index in [0.29, 0.717) is 56.5 Å². The predicted octanol–water partition coefficient (Wildman–Crippen LogP) is 1.85. The zero-order valence-electron chi connectivity index (χ0n) is 21.0. The van der Waals surface area contributed by atoms with Crippen molar-refractivity contribution in [2.45, 2.75) is 6.92 Å². The molecule has 0 spiro atoms. The average Bonchev–Trinajstić information content (AvgIpc) is 2.95. The van der Waals surface area contributed by atoms with Crippen LogP contribution < -0.4 is 20.9 Å². The van der Waals surface area contributed by atoms with Gasteiger partial charge in [-0.2, -0.15) is 5.26 Å². The Labute approximate surface area is 220 Å². The normalized spacial score (nSPS) is 12.8. The van der Waals surface area contributed by atoms with E-state index in [-0.39, 0.29) is 11.7 Å². The SMILES string of the molecule is CC(=O)NCCNc1cc(NC(=O)C(=O)N2CCN(c3ccc(C#N)cc3)CC2)nc(-c2ccccc2)n1. The van der Waals surface area contributed by atoms with Gasteiger partial charge in [-0.05, 0) is 24.3 Å². The molecule has 0 atom stereocenters. The van der Waals surface area contributed by atoms with Crippen molar-refractivity contribution < 1.29 is 14.4 Å². The van der Waals surface area contributed by atoms with E-state index in [0.717, 1.165) is 11.3 Å². The van der Waals surface area contributed by atoms with Crippen LogP contribution in [0, 0.1) is 11.3 Å². The topological polar surface area (TPSA) is 143 Å². The summed E-state index contributed by atoms with van der Waals surface area (Å²) in [5.74, 6) is -0.528. The Hall–Kier alpha value is -4.98. The molecule has 11 nitrogen and oxygen atoms in total. The molecule has 2 aromatic carbocycles. The van der Waals surface area contributed by atoms with Crippen molar-refractivity contribution in [3.05, 3.63) is 66.2 Å². The first-order valence-corrected chi connectivity index (χ1v) is 12.2. The van der Waals surface area contributed by atoms with Crippen LogP contribution in [0.3, 0.4) is 0 Å².